The van der Waals surface area contributed by atoms with Gasteiger partial charge in [0, 0.05) is 11.8 Å². The second-order valence-electron chi connectivity index (χ2n) is 5.17. The summed E-state index contributed by atoms with van der Waals surface area (Å²) in [6.07, 6.45) is 4.85. The van der Waals surface area contributed by atoms with Gasteiger partial charge in [0.15, 0.2) is 5.78 Å². The van der Waals surface area contributed by atoms with Crippen molar-refractivity contribution in [2.24, 2.45) is 16.7 Å². The molecule has 0 N–H and O–H groups in total. The van der Waals surface area contributed by atoms with Crippen LogP contribution < -0.4 is 0 Å². The van der Waals surface area contributed by atoms with Crippen LogP contribution in [0.3, 0.4) is 0 Å². The third-order valence-electron chi connectivity index (χ3n) is 4.65. The third kappa shape index (κ3) is 0.749. The molecule has 0 aromatic carbocycles. The van der Waals surface area contributed by atoms with Gasteiger partial charge in [-0.25, -0.2) is 0 Å². The van der Waals surface area contributed by atoms with Gasteiger partial charge in [-0.1, -0.05) is 6.92 Å². The Kier molecular flexibility index (Phi) is 1.12. The van der Waals surface area contributed by atoms with Gasteiger partial charge in [0.05, 0.1) is 0 Å². The molecule has 1 unspecified atom stereocenters. The summed E-state index contributed by atoms with van der Waals surface area (Å²) in [7, 11) is 0. The van der Waals surface area contributed by atoms with Crippen molar-refractivity contribution in [3.63, 3.8) is 0 Å². The molecule has 2 heteroatoms. The van der Waals surface area contributed by atoms with Crippen LogP contribution in [0, 0.1) is 16.7 Å². The van der Waals surface area contributed by atoms with Gasteiger partial charge in [-0.05, 0) is 37.0 Å². The highest BCUT2D eigenvalue weighted by Gasteiger charge is 2.68. The molecule has 0 bridgehead atoms. The molecule has 0 aromatic heterocycles. The molecular formula is C11H14O2. The number of carbonyl (C=O) groups is 2. The van der Waals surface area contributed by atoms with Crippen LogP contribution in [-0.4, -0.2) is 11.6 Å². The Labute approximate surface area is 77.7 Å². The maximum atomic E-state index is 11.7. The smallest absolute Gasteiger partial charge is 0.204 e. The number of rotatable bonds is 0. The van der Waals surface area contributed by atoms with E-state index in [1.165, 1.54) is 12.8 Å². The van der Waals surface area contributed by atoms with Crippen LogP contribution in [0.25, 0.3) is 0 Å². The maximum Gasteiger partial charge on any atom is 0.204 e. The second kappa shape index (κ2) is 1.89. The van der Waals surface area contributed by atoms with Crippen LogP contribution in [0.1, 0.15) is 39.0 Å². The summed E-state index contributed by atoms with van der Waals surface area (Å²) in [4.78, 5) is 23.2. The van der Waals surface area contributed by atoms with E-state index in [0.29, 0.717) is 12.3 Å². The van der Waals surface area contributed by atoms with Crippen molar-refractivity contribution in [1.29, 1.82) is 0 Å². The Hall–Kier alpha value is -0.660. The molecule has 0 aliphatic heterocycles. The lowest BCUT2D eigenvalue weighted by atomic mass is 9.67. The zero-order chi connectivity index (χ0) is 9.27. The topological polar surface area (TPSA) is 34.1 Å². The number of hydrogen-bond donors (Lipinski definition) is 0. The SMILES string of the molecule is CC1C2(CC2)CC(=O)C(=O)C12CC2. The molecule has 13 heavy (non-hydrogen) atoms. The van der Waals surface area contributed by atoms with E-state index in [2.05, 4.69) is 6.92 Å². The van der Waals surface area contributed by atoms with E-state index in [9.17, 15) is 9.59 Å². The first-order valence-electron chi connectivity index (χ1n) is 5.18. The van der Waals surface area contributed by atoms with Crippen molar-refractivity contribution in [3.05, 3.63) is 0 Å². The fourth-order valence-corrected chi connectivity index (χ4v) is 3.18. The largest absolute Gasteiger partial charge is 0.291 e. The van der Waals surface area contributed by atoms with E-state index in [1.54, 1.807) is 0 Å². The molecule has 3 rings (SSSR count). The van der Waals surface area contributed by atoms with Gasteiger partial charge in [-0.2, -0.15) is 0 Å². The second-order valence-corrected chi connectivity index (χ2v) is 5.17. The molecule has 0 saturated heterocycles. The van der Waals surface area contributed by atoms with Crippen molar-refractivity contribution >= 4 is 11.6 Å². The molecule has 3 aliphatic carbocycles. The minimum absolute atomic E-state index is 0.0440. The normalized spacial score (nSPS) is 38.4. The minimum Gasteiger partial charge on any atom is -0.291 e. The van der Waals surface area contributed by atoms with Crippen molar-refractivity contribution in [1.82, 2.24) is 0 Å². The summed E-state index contributed by atoms with van der Waals surface area (Å²) in [5.41, 5.74) is 0.0906. The summed E-state index contributed by atoms with van der Waals surface area (Å²) in [5, 5.41) is 0. The minimum atomic E-state index is -0.175. The van der Waals surface area contributed by atoms with Crippen LogP contribution >= 0.6 is 0 Å². The van der Waals surface area contributed by atoms with E-state index < -0.39 is 0 Å². The molecule has 2 nitrogen and oxygen atoms in total. The first-order chi connectivity index (χ1) is 6.11. The molecular weight excluding hydrogens is 164 g/mol. The number of ketones is 2. The fraction of sp³-hybridized carbons (Fsp3) is 0.818. The predicted octanol–water partition coefficient (Wildman–Crippen LogP) is 1.72. The lowest BCUT2D eigenvalue weighted by Crippen LogP contribution is -2.42. The highest BCUT2D eigenvalue weighted by molar-refractivity contribution is 6.40. The number of hydrogen-bond acceptors (Lipinski definition) is 2. The Morgan fingerprint density at radius 1 is 1.15 bits per heavy atom. The Morgan fingerprint density at radius 3 is 2.23 bits per heavy atom. The molecule has 0 radical (unpaired) electrons. The maximum absolute atomic E-state index is 11.7. The number of Topliss-reactive ketones (excluding diaryl/α,β-unsaturated/α-hetero) is 2. The molecule has 3 fully saturated rings. The zero-order valence-electron chi connectivity index (χ0n) is 7.93. The molecule has 0 amide bonds. The van der Waals surface area contributed by atoms with Crippen molar-refractivity contribution in [2.45, 2.75) is 39.0 Å². The van der Waals surface area contributed by atoms with E-state index in [0.717, 1.165) is 12.8 Å². The van der Waals surface area contributed by atoms with E-state index in [1.807, 2.05) is 0 Å². The average molecular weight is 178 g/mol. The summed E-state index contributed by atoms with van der Waals surface area (Å²) >= 11 is 0. The van der Waals surface area contributed by atoms with E-state index >= 15 is 0 Å². The zero-order valence-corrected chi connectivity index (χ0v) is 7.93. The van der Waals surface area contributed by atoms with E-state index in [4.69, 9.17) is 0 Å². The summed E-state index contributed by atoms with van der Waals surface area (Å²) in [5.74, 6) is 0.357. The molecule has 0 aromatic rings. The molecule has 0 heterocycles. The van der Waals surface area contributed by atoms with Gasteiger partial charge < -0.3 is 0 Å². The molecule has 3 aliphatic rings. The molecule has 70 valence electrons. The summed E-state index contributed by atoms with van der Waals surface area (Å²) in [6.45, 7) is 2.18. The highest BCUT2D eigenvalue weighted by Crippen LogP contribution is 2.69. The van der Waals surface area contributed by atoms with Crippen LogP contribution in [0.15, 0.2) is 0 Å². The molecule has 1 atom stereocenters. The monoisotopic (exact) mass is 178 g/mol. The van der Waals surface area contributed by atoms with Gasteiger partial charge in [-0.3, -0.25) is 9.59 Å². The van der Waals surface area contributed by atoms with Crippen LogP contribution in [0.4, 0.5) is 0 Å². The van der Waals surface area contributed by atoms with Gasteiger partial charge >= 0.3 is 0 Å². The standard InChI is InChI=1S/C11H14O2/c1-7-10(2-3-10)6-8(12)9(13)11(7)4-5-11/h7H,2-6H2,1H3. The van der Waals surface area contributed by atoms with Gasteiger partial charge in [0.25, 0.3) is 0 Å². The van der Waals surface area contributed by atoms with Crippen molar-refractivity contribution in [2.75, 3.05) is 0 Å². The molecule has 3 saturated carbocycles. The van der Waals surface area contributed by atoms with Crippen LogP contribution in [-0.2, 0) is 9.59 Å². The first-order valence-corrected chi connectivity index (χ1v) is 5.18. The van der Waals surface area contributed by atoms with Gasteiger partial charge in [0.2, 0.25) is 5.78 Å². The predicted molar refractivity (Wildman–Crippen MR) is 47.1 cm³/mol. The van der Waals surface area contributed by atoms with Crippen LogP contribution in [0.2, 0.25) is 0 Å². The van der Waals surface area contributed by atoms with Gasteiger partial charge in [0.1, 0.15) is 0 Å². The quantitative estimate of drug-likeness (QED) is 0.529. The Bertz CT molecular complexity index is 308. The average Bonchev–Trinajstić information content (AvgIpc) is 2.96. The summed E-state index contributed by atoms with van der Waals surface area (Å²) < 4.78 is 0. The fourth-order valence-electron chi connectivity index (χ4n) is 3.18. The first kappa shape index (κ1) is 7.72. The highest BCUT2D eigenvalue weighted by atomic mass is 16.2. The third-order valence-corrected chi connectivity index (χ3v) is 4.65. The lowest BCUT2D eigenvalue weighted by molar-refractivity contribution is -0.146. The Balaban J connectivity index is 2.02. The van der Waals surface area contributed by atoms with Crippen molar-refractivity contribution < 1.29 is 9.59 Å². The Morgan fingerprint density at radius 2 is 1.77 bits per heavy atom. The molecule has 2 spiro atoms. The van der Waals surface area contributed by atoms with E-state index in [-0.39, 0.29) is 22.4 Å². The van der Waals surface area contributed by atoms with Crippen LogP contribution in [0.5, 0.6) is 0 Å². The lowest BCUT2D eigenvalue weighted by Gasteiger charge is -2.34. The summed E-state index contributed by atoms with van der Waals surface area (Å²) in [6, 6.07) is 0. The van der Waals surface area contributed by atoms with Crippen molar-refractivity contribution in [3.8, 4) is 0 Å². The number of carbonyl (C=O) groups excluding carboxylic acids is 2. The van der Waals surface area contributed by atoms with Gasteiger partial charge in [-0.15, -0.1) is 0 Å².